The molecule has 0 aromatic heterocycles. The van der Waals surface area contributed by atoms with Crippen LogP contribution in [0.15, 0.2) is 48.5 Å². The Bertz CT molecular complexity index is 961. The van der Waals surface area contributed by atoms with Crippen LogP contribution in [0.4, 0.5) is 10.1 Å². The van der Waals surface area contributed by atoms with Crippen molar-refractivity contribution in [3.8, 4) is 5.75 Å². The molecule has 2 aromatic carbocycles. The van der Waals surface area contributed by atoms with E-state index in [1.54, 1.807) is 19.2 Å². The zero-order valence-corrected chi connectivity index (χ0v) is 18.7. The molecule has 2 atom stereocenters. The van der Waals surface area contributed by atoms with Gasteiger partial charge in [-0.05, 0) is 49.1 Å². The molecular formula is C22H29FN2O4S. The number of nitrogens with one attached hydrogen (secondary N) is 1. The summed E-state index contributed by atoms with van der Waals surface area (Å²) < 4.78 is 45.1. The molecule has 0 unspecified atom stereocenters. The molecule has 0 aliphatic heterocycles. The Labute approximate surface area is 178 Å². The third kappa shape index (κ3) is 5.95. The topological polar surface area (TPSA) is 75.7 Å². The van der Waals surface area contributed by atoms with Gasteiger partial charge in [0.1, 0.15) is 17.6 Å². The van der Waals surface area contributed by atoms with Crippen molar-refractivity contribution in [1.29, 1.82) is 0 Å². The number of halogens is 1. The van der Waals surface area contributed by atoms with Crippen LogP contribution in [-0.4, -0.2) is 33.7 Å². The van der Waals surface area contributed by atoms with Gasteiger partial charge in [0, 0.05) is 0 Å². The van der Waals surface area contributed by atoms with Gasteiger partial charge in [0.25, 0.3) is 0 Å². The van der Waals surface area contributed by atoms with Crippen molar-refractivity contribution in [2.75, 3.05) is 17.7 Å². The zero-order chi connectivity index (χ0) is 22.5. The number of methoxy groups -OCH3 is 1. The number of ether oxygens (including phenoxy) is 1. The highest BCUT2D eigenvalue weighted by atomic mass is 32.2. The van der Waals surface area contributed by atoms with Crippen LogP contribution in [0.1, 0.15) is 38.8 Å². The number of amides is 1. The smallest absolute Gasteiger partial charge is 0.244 e. The van der Waals surface area contributed by atoms with Gasteiger partial charge in [-0.1, -0.05) is 38.1 Å². The largest absolute Gasteiger partial charge is 0.497 e. The number of hydrogen-bond acceptors (Lipinski definition) is 4. The van der Waals surface area contributed by atoms with E-state index in [0.717, 1.165) is 22.2 Å². The fourth-order valence-electron chi connectivity index (χ4n) is 3.29. The second-order valence-corrected chi connectivity index (χ2v) is 9.51. The van der Waals surface area contributed by atoms with Gasteiger partial charge in [0.05, 0.1) is 25.1 Å². The van der Waals surface area contributed by atoms with Crippen LogP contribution in [0, 0.1) is 11.7 Å². The minimum atomic E-state index is -3.90. The van der Waals surface area contributed by atoms with E-state index in [1.807, 2.05) is 26.0 Å². The molecule has 0 fully saturated rings. The fourth-order valence-corrected chi connectivity index (χ4v) is 4.47. The molecule has 6 nitrogen and oxygen atoms in total. The minimum absolute atomic E-state index is 0.160. The lowest BCUT2D eigenvalue weighted by molar-refractivity contribution is -0.122. The lowest BCUT2D eigenvalue weighted by Gasteiger charge is -2.30. The van der Waals surface area contributed by atoms with E-state index in [0.29, 0.717) is 12.2 Å². The molecule has 0 heterocycles. The van der Waals surface area contributed by atoms with E-state index in [2.05, 4.69) is 5.32 Å². The number of hydrogen-bond donors (Lipinski definition) is 1. The predicted octanol–water partition coefficient (Wildman–Crippen LogP) is 3.89. The van der Waals surface area contributed by atoms with Gasteiger partial charge in [-0.2, -0.15) is 0 Å². The maximum Gasteiger partial charge on any atom is 0.244 e. The van der Waals surface area contributed by atoms with Gasteiger partial charge >= 0.3 is 0 Å². The van der Waals surface area contributed by atoms with E-state index >= 15 is 0 Å². The fraction of sp³-hybridized carbons (Fsp3) is 0.409. The van der Waals surface area contributed by atoms with Gasteiger partial charge in [-0.25, -0.2) is 12.8 Å². The quantitative estimate of drug-likeness (QED) is 0.647. The summed E-state index contributed by atoms with van der Waals surface area (Å²) in [5.74, 6) is -0.239. The van der Waals surface area contributed by atoms with Gasteiger partial charge in [0.2, 0.25) is 15.9 Å². The van der Waals surface area contributed by atoms with Gasteiger partial charge in [-0.15, -0.1) is 0 Å². The van der Waals surface area contributed by atoms with Crippen LogP contribution in [0.5, 0.6) is 5.75 Å². The predicted molar refractivity (Wildman–Crippen MR) is 117 cm³/mol. The van der Waals surface area contributed by atoms with E-state index in [9.17, 15) is 17.6 Å². The summed E-state index contributed by atoms with van der Waals surface area (Å²) in [6.45, 7) is 5.52. The lowest BCUT2D eigenvalue weighted by atomic mass is 9.96. The first-order chi connectivity index (χ1) is 14.0. The van der Waals surface area contributed by atoms with E-state index < -0.39 is 27.8 Å². The Morgan fingerprint density at radius 3 is 2.20 bits per heavy atom. The van der Waals surface area contributed by atoms with Crippen molar-refractivity contribution < 1.29 is 22.3 Å². The normalized spacial score (nSPS) is 13.6. The second-order valence-electron chi connectivity index (χ2n) is 7.65. The summed E-state index contributed by atoms with van der Waals surface area (Å²) >= 11 is 0. The molecule has 2 aromatic rings. The monoisotopic (exact) mass is 436 g/mol. The first-order valence-corrected chi connectivity index (χ1v) is 11.6. The van der Waals surface area contributed by atoms with Gasteiger partial charge < -0.3 is 10.1 Å². The summed E-state index contributed by atoms with van der Waals surface area (Å²) in [4.78, 5) is 13.0. The molecule has 0 aliphatic rings. The molecule has 0 spiro atoms. The third-order valence-electron chi connectivity index (χ3n) is 4.72. The van der Waals surface area contributed by atoms with Crippen molar-refractivity contribution in [2.45, 2.75) is 39.3 Å². The number of carbonyl (C=O) groups excluding carboxylic acids is 1. The van der Waals surface area contributed by atoms with Crippen molar-refractivity contribution in [3.63, 3.8) is 0 Å². The number of benzene rings is 2. The molecular weight excluding hydrogens is 407 g/mol. The molecule has 0 radical (unpaired) electrons. The molecule has 164 valence electrons. The van der Waals surface area contributed by atoms with Crippen molar-refractivity contribution >= 4 is 21.6 Å². The number of nitrogens with zero attached hydrogens (tertiary/aromatic N) is 1. The van der Waals surface area contributed by atoms with E-state index in [4.69, 9.17) is 4.74 Å². The second kappa shape index (κ2) is 9.93. The molecule has 0 aliphatic carbocycles. The maximum atomic E-state index is 14.3. The molecule has 0 bridgehead atoms. The maximum absolute atomic E-state index is 14.3. The molecule has 0 saturated carbocycles. The number of sulfonamides is 1. The molecule has 0 saturated heterocycles. The first kappa shape index (κ1) is 23.7. The molecule has 1 amide bonds. The van der Waals surface area contributed by atoms with Crippen LogP contribution in [0.2, 0.25) is 0 Å². The summed E-state index contributed by atoms with van der Waals surface area (Å²) in [6.07, 6.45) is 1.61. The summed E-state index contributed by atoms with van der Waals surface area (Å²) in [5, 5.41) is 2.94. The summed E-state index contributed by atoms with van der Waals surface area (Å²) in [5.41, 5.74) is 0.717. The average molecular weight is 437 g/mol. The van der Waals surface area contributed by atoms with Crippen LogP contribution in [0.25, 0.3) is 0 Å². The van der Waals surface area contributed by atoms with Crippen molar-refractivity contribution in [2.24, 2.45) is 5.92 Å². The average Bonchev–Trinajstić information content (AvgIpc) is 2.67. The van der Waals surface area contributed by atoms with Crippen LogP contribution < -0.4 is 14.4 Å². The highest BCUT2D eigenvalue weighted by Crippen LogP contribution is 2.27. The summed E-state index contributed by atoms with van der Waals surface area (Å²) in [6, 6.07) is 11.4. The van der Waals surface area contributed by atoms with Crippen LogP contribution >= 0.6 is 0 Å². The van der Waals surface area contributed by atoms with E-state index in [-0.39, 0.29) is 17.6 Å². The van der Waals surface area contributed by atoms with Crippen LogP contribution in [-0.2, 0) is 14.8 Å². The number of rotatable bonds is 9. The van der Waals surface area contributed by atoms with Gasteiger partial charge in [-0.3, -0.25) is 9.10 Å². The molecule has 2 rings (SSSR count). The SMILES string of the molecule is COc1ccc([C@H](CC(C)C)NC(=O)[C@@H](C)N(c2ccccc2F)S(C)(=O)=O)cc1. The van der Waals surface area contributed by atoms with E-state index in [1.165, 1.54) is 25.1 Å². The number of para-hydroxylation sites is 1. The Balaban J connectivity index is 2.32. The number of anilines is 1. The Hall–Kier alpha value is -2.61. The summed E-state index contributed by atoms with van der Waals surface area (Å²) in [7, 11) is -2.33. The molecule has 1 N–H and O–H groups in total. The highest BCUT2D eigenvalue weighted by molar-refractivity contribution is 7.92. The first-order valence-electron chi connectivity index (χ1n) is 9.72. The lowest BCUT2D eigenvalue weighted by Crippen LogP contribution is -2.49. The molecule has 8 heteroatoms. The number of carbonyl (C=O) groups is 1. The minimum Gasteiger partial charge on any atom is -0.497 e. The Morgan fingerprint density at radius 1 is 1.10 bits per heavy atom. The van der Waals surface area contributed by atoms with Crippen molar-refractivity contribution in [3.05, 3.63) is 59.9 Å². The van der Waals surface area contributed by atoms with Crippen LogP contribution in [0.3, 0.4) is 0 Å². The zero-order valence-electron chi connectivity index (χ0n) is 17.9. The highest BCUT2D eigenvalue weighted by Gasteiger charge is 2.32. The van der Waals surface area contributed by atoms with Gasteiger partial charge in [0.15, 0.2) is 0 Å². The Kier molecular flexibility index (Phi) is 7.83. The Morgan fingerprint density at radius 2 is 1.70 bits per heavy atom. The standard InChI is InChI=1S/C22H29FN2O4S/c1-15(2)14-20(17-10-12-18(29-4)13-11-17)24-22(26)16(3)25(30(5,27)28)21-9-7-6-8-19(21)23/h6-13,15-16,20H,14H2,1-5H3,(H,24,26)/t16-,20+/m1/s1. The van der Waals surface area contributed by atoms with Crippen molar-refractivity contribution in [1.82, 2.24) is 5.32 Å². The molecule has 30 heavy (non-hydrogen) atoms. The third-order valence-corrected chi connectivity index (χ3v) is 5.95.